The Labute approximate surface area is 101 Å². The van der Waals surface area contributed by atoms with Gasteiger partial charge in [-0.15, -0.1) is 0 Å². The van der Waals surface area contributed by atoms with Gasteiger partial charge in [0.25, 0.3) is 0 Å². The minimum absolute atomic E-state index is 0.452. The Morgan fingerprint density at radius 2 is 2.19 bits per heavy atom. The molecule has 0 aromatic carbocycles. The summed E-state index contributed by atoms with van der Waals surface area (Å²) in [6, 6.07) is 0. The summed E-state index contributed by atoms with van der Waals surface area (Å²) in [7, 11) is 0. The Morgan fingerprint density at radius 1 is 1.50 bits per heavy atom. The smallest absolute Gasteiger partial charge is 0.0650 e. The van der Waals surface area contributed by atoms with Crippen molar-refractivity contribution < 1.29 is 5.11 Å². The first kappa shape index (κ1) is 13.8. The standard InChI is InChI=1S/C15H28O/c1-12(2)6-5-11-15(4,16)14-9-7-13(3)8-10-14/h7,12,14,16H,5-6,8-11H2,1-4H3. The normalized spacial score (nSPS) is 25.4. The van der Waals surface area contributed by atoms with Crippen molar-refractivity contribution >= 4 is 0 Å². The highest BCUT2D eigenvalue weighted by molar-refractivity contribution is 5.05. The fourth-order valence-corrected chi connectivity index (χ4v) is 2.60. The van der Waals surface area contributed by atoms with Crippen molar-refractivity contribution in [1.82, 2.24) is 0 Å². The second-order valence-electron chi connectivity index (χ2n) is 6.17. The van der Waals surface area contributed by atoms with Crippen LogP contribution in [0.25, 0.3) is 0 Å². The van der Waals surface area contributed by atoms with E-state index >= 15 is 0 Å². The van der Waals surface area contributed by atoms with Crippen LogP contribution in [0, 0.1) is 11.8 Å². The van der Waals surface area contributed by atoms with Crippen molar-refractivity contribution in [2.45, 2.75) is 71.8 Å². The topological polar surface area (TPSA) is 20.2 Å². The van der Waals surface area contributed by atoms with Crippen LogP contribution in [0.5, 0.6) is 0 Å². The lowest BCUT2D eigenvalue weighted by atomic mass is 9.76. The fraction of sp³-hybridized carbons (Fsp3) is 0.867. The van der Waals surface area contributed by atoms with Crippen LogP contribution >= 0.6 is 0 Å². The van der Waals surface area contributed by atoms with Crippen LogP contribution in [0.4, 0.5) is 0 Å². The lowest BCUT2D eigenvalue weighted by molar-refractivity contribution is -0.0155. The predicted molar refractivity (Wildman–Crippen MR) is 70.4 cm³/mol. The highest BCUT2D eigenvalue weighted by Crippen LogP contribution is 2.35. The molecule has 0 aromatic heterocycles. The first-order valence-electron chi connectivity index (χ1n) is 6.80. The van der Waals surface area contributed by atoms with Crippen LogP contribution in [0.1, 0.15) is 66.2 Å². The van der Waals surface area contributed by atoms with Gasteiger partial charge in [0.1, 0.15) is 0 Å². The average molecular weight is 224 g/mol. The summed E-state index contributed by atoms with van der Waals surface area (Å²) >= 11 is 0. The number of rotatable bonds is 5. The summed E-state index contributed by atoms with van der Waals surface area (Å²) in [6.07, 6.45) is 9.07. The lowest BCUT2D eigenvalue weighted by Gasteiger charge is -2.35. The molecule has 0 aliphatic heterocycles. The van der Waals surface area contributed by atoms with Gasteiger partial charge in [0.15, 0.2) is 0 Å². The quantitative estimate of drug-likeness (QED) is 0.690. The molecule has 2 atom stereocenters. The van der Waals surface area contributed by atoms with Gasteiger partial charge >= 0.3 is 0 Å². The number of hydrogen-bond donors (Lipinski definition) is 1. The third-order valence-electron chi connectivity index (χ3n) is 3.98. The van der Waals surface area contributed by atoms with E-state index < -0.39 is 5.60 Å². The van der Waals surface area contributed by atoms with Crippen LogP contribution in [-0.4, -0.2) is 10.7 Å². The molecule has 1 heteroatoms. The molecular formula is C15H28O. The van der Waals surface area contributed by atoms with Crippen molar-refractivity contribution in [3.8, 4) is 0 Å². The van der Waals surface area contributed by atoms with Gasteiger partial charge in [-0.25, -0.2) is 0 Å². The molecule has 0 saturated heterocycles. The van der Waals surface area contributed by atoms with E-state index in [-0.39, 0.29) is 0 Å². The van der Waals surface area contributed by atoms with E-state index in [1.807, 2.05) is 6.92 Å². The molecule has 0 fully saturated rings. The van der Waals surface area contributed by atoms with Gasteiger partial charge in [-0.05, 0) is 51.4 Å². The number of allylic oxidation sites excluding steroid dienone is 2. The lowest BCUT2D eigenvalue weighted by Crippen LogP contribution is -2.35. The molecule has 94 valence electrons. The van der Waals surface area contributed by atoms with Gasteiger partial charge in [0.05, 0.1) is 5.60 Å². The van der Waals surface area contributed by atoms with Gasteiger partial charge in [-0.1, -0.05) is 38.3 Å². The van der Waals surface area contributed by atoms with E-state index in [0.717, 1.165) is 31.6 Å². The summed E-state index contributed by atoms with van der Waals surface area (Å²) < 4.78 is 0. The van der Waals surface area contributed by atoms with Gasteiger partial charge in [0, 0.05) is 0 Å². The van der Waals surface area contributed by atoms with E-state index in [2.05, 4.69) is 26.8 Å². The van der Waals surface area contributed by atoms with Crippen LogP contribution in [0.15, 0.2) is 11.6 Å². The molecule has 1 aliphatic carbocycles. The average Bonchev–Trinajstić information content (AvgIpc) is 2.17. The Morgan fingerprint density at radius 3 is 2.69 bits per heavy atom. The molecule has 0 aromatic rings. The molecule has 1 aliphatic rings. The van der Waals surface area contributed by atoms with Crippen LogP contribution < -0.4 is 0 Å². The van der Waals surface area contributed by atoms with Crippen LogP contribution in [-0.2, 0) is 0 Å². The Hall–Kier alpha value is -0.300. The molecule has 0 heterocycles. The van der Waals surface area contributed by atoms with Crippen molar-refractivity contribution in [3.05, 3.63) is 11.6 Å². The van der Waals surface area contributed by atoms with Crippen LogP contribution in [0.2, 0.25) is 0 Å². The van der Waals surface area contributed by atoms with E-state index in [0.29, 0.717) is 5.92 Å². The molecule has 2 unspecified atom stereocenters. The molecule has 1 rings (SSSR count). The molecule has 0 spiro atoms. The number of hydrogen-bond acceptors (Lipinski definition) is 1. The molecule has 0 radical (unpaired) electrons. The maximum absolute atomic E-state index is 10.5. The van der Waals surface area contributed by atoms with E-state index in [9.17, 15) is 5.11 Å². The van der Waals surface area contributed by atoms with Crippen molar-refractivity contribution in [3.63, 3.8) is 0 Å². The van der Waals surface area contributed by atoms with E-state index in [4.69, 9.17) is 0 Å². The highest BCUT2D eigenvalue weighted by Gasteiger charge is 2.31. The van der Waals surface area contributed by atoms with Crippen molar-refractivity contribution in [2.75, 3.05) is 0 Å². The van der Waals surface area contributed by atoms with E-state index in [1.165, 1.54) is 18.4 Å². The molecule has 1 N–H and O–H groups in total. The predicted octanol–water partition coefficient (Wildman–Crippen LogP) is 4.31. The highest BCUT2D eigenvalue weighted by atomic mass is 16.3. The Kier molecular flexibility index (Phi) is 5.04. The molecule has 16 heavy (non-hydrogen) atoms. The fourth-order valence-electron chi connectivity index (χ4n) is 2.60. The third kappa shape index (κ3) is 4.29. The third-order valence-corrected chi connectivity index (χ3v) is 3.98. The van der Waals surface area contributed by atoms with E-state index in [1.54, 1.807) is 0 Å². The van der Waals surface area contributed by atoms with Crippen molar-refractivity contribution in [1.29, 1.82) is 0 Å². The minimum Gasteiger partial charge on any atom is -0.390 e. The summed E-state index contributed by atoms with van der Waals surface area (Å²) in [5.41, 5.74) is 1.04. The molecule has 0 bridgehead atoms. The second-order valence-corrected chi connectivity index (χ2v) is 6.17. The summed E-state index contributed by atoms with van der Waals surface area (Å²) in [5.74, 6) is 1.23. The monoisotopic (exact) mass is 224 g/mol. The Bertz CT molecular complexity index is 238. The summed E-state index contributed by atoms with van der Waals surface area (Å²) in [6.45, 7) is 8.74. The molecule has 1 nitrogen and oxygen atoms in total. The van der Waals surface area contributed by atoms with Crippen LogP contribution in [0.3, 0.4) is 0 Å². The number of aliphatic hydroxyl groups is 1. The summed E-state index contributed by atoms with van der Waals surface area (Å²) in [4.78, 5) is 0. The Balaban J connectivity index is 2.38. The largest absolute Gasteiger partial charge is 0.390 e. The minimum atomic E-state index is -0.452. The van der Waals surface area contributed by atoms with Gasteiger partial charge < -0.3 is 5.11 Å². The maximum Gasteiger partial charge on any atom is 0.0650 e. The SMILES string of the molecule is CC1=CCC(C(C)(O)CCCC(C)C)CC1. The van der Waals surface area contributed by atoms with Gasteiger partial charge in [-0.2, -0.15) is 0 Å². The molecule has 0 saturated carbocycles. The van der Waals surface area contributed by atoms with Gasteiger partial charge in [0.2, 0.25) is 0 Å². The zero-order valence-corrected chi connectivity index (χ0v) is 11.4. The zero-order chi connectivity index (χ0) is 12.2. The first-order valence-corrected chi connectivity index (χ1v) is 6.80. The summed E-state index contributed by atoms with van der Waals surface area (Å²) in [5, 5.41) is 10.5. The maximum atomic E-state index is 10.5. The zero-order valence-electron chi connectivity index (χ0n) is 11.4. The first-order chi connectivity index (χ1) is 7.42. The molecule has 0 amide bonds. The second kappa shape index (κ2) is 5.86. The van der Waals surface area contributed by atoms with Gasteiger partial charge in [-0.3, -0.25) is 0 Å². The van der Waals surface area contributed by atoms with Crippen molar-refractivity contribution in [2.24, 2.45) is 11.8 Å². The molecular weight excluding hydrogens is 196 g/mol.